The predicted molar refractivity (Wildman–Crippen MR) is 149 cm³/mol. The van der Waals surface area contributed by atoms with E-state index in [0.717, 1.165) is 29.9 Å². The SMILES string of the molecule is CCCN(C)c1cc(NC(=O)OC(C)(C)C)c(NC(=O)CC(=O)c2cccc(-c3cc(C)no3)c2)cc1C. The van der Waals surface area contributed by atoms with E-state index in [1.165, 1.54) is 0 Å². The molecule has 0 spiro atoms. The number of nitrogens with zero attached hydrogens (tertiary/aromatic N) is 2. The van der Waals surface area contributed by atoms with Gasteiger partial charge in [-0.3, -0.25) is 14.9 Å². The fourth-order valence-electron chi connectivity index (χ4n) is 3.97. The van der Waals surface area contributed by atoms with Crippen LogP contribution in [0.15, 0.2) is 47.0 Å². The lowest BCUT2D eigenvalue weighted by atomic mass is 10.0. The van der Waals surface area contributed by atoms with E-state index in [1.807, 2.05) is 27.0 Å². The third-order valence-corrected chi connectivity index (χ3v) is 5.63. The molecule has 0 aliphatic heterocycles. The average molecular weight is 521 g/mol. The van der Waals surface area contributed by atoms with Crippen molar-refractivity contribution in [2.75, 3.05) is 29.1 Å². The summed E-state index contributed by atoms with van der Waals surface area (Å²) < 4.78 is 10.7. The molecular weight excluding hydrogens is 484 g/mol. The molecule has 1 aromatic heterocycles. The Morgan fingerprint density at radius 3 is 2.37 bits per heavy atom. The summed E-state index contributed by atoms with van der Waals surface area (Å²) in [5.41, 5.74) is 3.70. The smallest absolute Gasteiger partial charge is 0.412 e. The summed E-state index contributed by atoms with van der Waals surface area (Å²) in [4.78, 5) is 40.5. The van der Waals surface area contributed by atoms with Crippen molar-refractivity contribution in [2.24, 2.45) is 0 Å². The average Bonchev–Trinajstić information content (AvgIpc) is 3.26. The molecule has 0 bridgehead atoms. The Bertz CT molecular complexity index is 1320. The molecule has 0 saturated carbocycles. The van der Waals surface area contributed by atoms with Crippen LogP contribution in [0, 0.1) is 13.8 Å². The number of anilines is 3. The lowest BCUT2D eigenvalue weighted by Crippen LogP contribution is -2.28. The second-order valence-corrected chi connectivity index (χ2v) is 10.3. The first-order valence-corrected chi connectivity index (χ1v) is 12.6. The van der Waals surface area contributed by atoms with Crippen LogP contribution in [0.5, 0.6) is 0 Å². The maximum Gasteiger partial charge on any atom is 0.412 e. The van der Waals surface area contributed by atoms with Gasteiger partial charge >= 0.3 is 6.09 Å². The highest BCUT2D eigenvalue weighted by Crippen LogP contribution is 2.32. The highest BCUT2D eigenvalue weighted by atomic mass is 16.6. The monoisotopic (exact) mass is 520 g/mol. The van der Waals surface area contributed by atoms with Crippen LogP contribution in [0.1, 0.15) is 62.2 Å². The number of hydrogen-bond donors (Lipinski definition) is 2. The number of carbonyl (C=O) groups is 3. The number of carbonyl (C=O) groups excluding carboxylic acids is 3. The summed E-state index contributed by atoms with van der Waals surface area (Å²) in [5, 5.41) is 9.42. The van der Waals surface area contributed by atoms with Gasteiger partial charge in [0.05, 0.1) is 23.5 Å². The number of rotatable bonds is 9. The fraction of sp³-hybridized carbons (Fsp3) is 0.379. The van der Waals surface area contributed by atoms with Crippen LogP contribution in [0.2, 0.25) is 0 Å². The van der Waals surface area contributed by atoms with E-state index in [1.54, 1.807) is 57.2 Å². The standard InChI is InChI=1S/C29H36N4O5/c1-8-12-33(7)24-16-23(31-28(36)37-29(4,5)6)22(13-18(24)2)30-27(35)17-25(34)20-10-9-11-21(15-20)26-14-19(3)32-38-26/h9-11,13-16H,8,12,17H2,1-7H3,(H,30,35)(H,31,36). The first-order chi connectivity index (χ1) is 17.9. The van der Waals surface area contributed by atoms with Crippen molar-refractivity contribution in [3.05, 3.63) is 59.3 Å². The number of hydrogen-bond acceptors (Lipinski definition) is 7. The fourth-order valence-corrected chi connectivity index (χ4v) is 3.97. The molecule has 0 fully saturated rings. The second kappa shape index (κ2) is 11.9. The minimum absolute atomic E-state index is 0.349. The number of benzene rings is 2. The Hall–Kier alpha value is -4.14. The van der Waals surface area contributed by atoms with Crippen LogP contribution >= 0.6 is 0 Å². The van der Waals surface area contributed by atoms with Gasteiger partial charge in [-0.1, -0.05) is 30.3 Å². The van der Waals surface area contributed by atoms with E-state index in [0.29, 0.717) is 28.3 Å². The largest absolute Gasteiger partial charge is 0.444 e. The zero-order chi connectivity index (χ0) is 28.0. The molecule has 9 nitrogen and oxygen atoms in total. The first kappa shape index (κ1) is 28.4. The van der Waals surface area contributed by atoms with E-state index in [4.69, 9.17) is 9.26 Å². The predicted octanol–water partition coefficient (Wildman–Crippen LogP) is 6.36. The van der Waals surface area contributed by atoms with Crippen molar-refractivity contribution in [1.29, 1.82) is 0 Å². The van der Waals surface area contributed by atoms with Crippen LogP contribution < -0.4 is 15.5 Å². The number of ketones is 1. The van der Waals surface area contributed by atoms with Gasteiger partial charge in [0.2, 0.25) is 5.91 Å². The molecule has 3 rings (SSSR count). The molecule has 0 saturated heterocycles. The second-order valence-electron chi connectivity index (χ2n) is 10.3. The van der Waals surface area contributed by atoms with Gasteiger partial charge in [-0.25, -0.2) is 4.79 Å². The Morgan fingerprint density at radius 2 is 1.74 bits per heavy atom. The number of aromatic nitrogens is 1. The maximum absolute atomic E-state index is 12.9. The zero-order valence-electron chi connectivity index (χ0n) is 23.1. The van der Waals surface area contributed by atoms with E-state index < -0.39 is 17.6 Å². The lowest BCUT2D eigenvalue weighted by Gasteiger charge is -2.24. The van der Waals surface area contributed by atoms with Crippen molar-refractivity contribution in [1.82, 2.24) is 5.16 Å². The van der Waals surface area contributed by atoms with Crippen LogP contribution in [0.4, 0.5) is 21.9 Å². The van der Waals surface area contributed by atoms with E-state index in [9.17, 15) is 14.4 Å². The molecule has 3 aromatic rings. The lowest BCUT2D eigenvalue weighted by molar-refractivity contribution is -0.115. The van der Waals surface area contributed by atoms with Gasteiger partial charge in [0.15, 0.2) is 11.5 Å². The quantitative estimate of drug-likeness (QED) is 0.249. The molecule has 0 radical (unpaired) electrons. The molecule has 202 valence electrons. The van der Waals surface area contributed by atoms with Crippen molar-refractivity contribution in [2.45, 2.75) is 60.0 Å². The Balaban J connectivity index is 1.81. The molecule has 2 aromatic carbocycles. The molecule has 38 heavy (non-hydrogen) atoms. The Kier molecular flexibility index (Phi) is 8.93. The van der Waals surface area contributed by atoms with Gasteiger partial charge in [0, 0.05) is 36.5 Å². The molecule has 0 aliphatic carbocycles. The van der Waals surface area contributed by atoms with E-state index >= 15 is 0 Å². The number of ether oxygens (including phenoxy) is 1. The number of aryl methyl sites for hydroxylation is 2. The van der Waals surface area contributed by atoms with Crippen LogP contribution in [0.25, 0.3) is 11.3 Å². The van der Waals surface area contributed by atoms with Crippen molar-refractivity contribution in [3.63, 3.8) is 0 Å². The highest BCUT2D eigenvalue weighted by Gasteiger charge is 2.21. The van der Waals surface area contributed by atoms with Gasteiger partial charge in [-0.05, 0) is 64.8 Å². The number of nitrogens with one attached hydrogen (secondary N) is 2. The molecule has 0 aliphatic rings. The molecule has 0 unspecified atom stereocenters. The van der Waals surface area contributed by atoms with Gasteiger partial charge in [0.25, 0.3) is 0 Å². The van der Waals surface area contributed by atoms with E-state index in [-0.39, 0.29) is 12.2 Å². The first-order valence-electron chi connectivity index (χ1n) is 12.6. The minimum atomic E-state index is -0.689. The minimum Gasteiger partial charge on any atom is -0.444 e. The molecule has 1 heterocycles. The summed E-state index contributed by atoms with van der Waals surface area (Å²) in [5.74, 6) is -0.307. The zero-order valence-corrected chi connectivity index (χ0v) is 23.1. The van der Waals surface area contributed by atoms with Crippen molar-refractivity contribution >= 4 is 34.8 Å². The van der Waals surface area contributed by atoms with Crippen LogP contribution in [-0.4, -0.2) is 42.1 Å². The Labute approximate surface area is 223 Å². The van der Waals surface area contributed by atoms with Crippen molar-refractivity contribution in [3.8, 4) is 11.3 Å². The van der Waals surface area contributed by atoms with Gasteiger partial charge in [-0.15, -0.1) is 0 Å². The summed E-state index contributed by atoms with van der Waals surface area (Å²) in [6.45, 7) is 12.0. The molecule has 9 heteroatoms. The van der Waals surface area contributed by atoms with Gasteiger partial charge < -0.3 is 19.5 Å². The third kappa shape index (κ3) is 7.68. The van der Waals surface area contributed by atoms with Crippen LogP contribution in [-0.2, 0) is 9.53 Å². The number of amides is 2. The summed E-state index contributed by atoms with van der Waals surface area (Å²) in [6.07, 6.45) is -0.0688. The molecule has 2 amide bonds. The highest BCUT2D eigenvalue weighted by molar-refractivity contribution is 6.12. The summed E-state index contributed by atoms with van der Waals surface area (Å²) in [6, 6.07) is 12.2. The van der Waals surface area contributed by atoms with E-state index in [2.05, 4.69) is 27.6 Å². The number of Topliss-reactive ketones (excluding diaryl/α,β-unsaturated/α-hetero) is 1. The normalized spacial score (nSPS) is 11.1. The maximum atomic E-state index is 12.9. The molecular formula is C29H36N4O5. The van der Waals surface area contributed by atoms with Crippen molar-refractivity contribution < 1.29 is 23.6 Å². The topological polar surface area (TPSA) is 114 Å². The Morgan fingerprint density at radius 1 is 1.03 bits per heavy atom. The van der Waals surface area contributed by atoms with Gasteiger partial charge in [0.1, 0.15) is 5.60 Å². The summed E-state index contributed by atoms with van der Waals surface area (Å²) >= 11 is 0. The summed E-state index contributed by atoms with van der Waals surface area (Å²) in [7, 11) is 1.97. The van der Waals surface area contributed by atoms with Crippen LogP contribution in [0.3, 0.4) is 0 Å². The van der Waals surface area contributed by atoms with Gasteiger partial charge in [-0.2, -0.15) is 0 Å². The third-order valence-electron chi connectivity index (χ3n) is 5.63. The molecule has 0 atom stereocenters. The molecule has 2 N–H and O–H groups in total.